The van der Waals surface area contributed by atoms with E-state index < -0.39 is 6.04 Å². The molecule has 0 saturated heterocycles. The smallest absolute Gasteiger partial charge is 0.129 e. The third-order valence-electron chi connectivity index (χ3n) is 2.93. The first-order valence-electron chi connectivity index (χ1n) is 5.57. The highest BCUT2D eigenvalue weighted by atomic mass is 79.9. The summed E-state index contributed by atoms with van der Waals surface area (Å²) < 4.78 is 15.4. The molecule has 0 aliphatic rings. The van der Waals surface area contributed by atoms with Crippen molar-refractivity contribution in [3.8, 4) is 0 Å². The van der Waals surface area contributed by atoms with Crippen molar-refractivity contribution >= 4 is 43.5 Å². The Morgan fingerprint density at radius 2 is 1.89 bits per heavy atom. The minimum absolute atomic E-state index is 0.375. The average Bonchev–Trinajstić information content (AvgIpc) is 2.36. The molecule has 5 heteroatoms. The van der Waals surface area contributed by atoms with E-state index >= 15 is 0 Å². The van der Waals surface area contributed by atoms with Gasteiger partial charge in [0.2, 0.25) is 0 Å². The van der Waals surface area contributed by atoms with Crippen LogP contribution in [0.25, 0.3) is 0 Å². The van der Waals surface area contributed by atoms with Crippen LogP contribution in [0.4, 0.5) is 4.39 Å². The molecule has 0 aromatic heterocycles. The lowest BCUT2D eigenvalue weighted by molar-refractivity contribution is 0.598. The van der Waals surface area contributed by atoms with Gasteiger partial charge in [-0.3, -0.25) is 0 Å². The third kappa shape index (κ3) is 3.02. The van der Waals surface area contributed by atoms with Gasteiger partial charge in [-0.15, -0.1) is 0 Å². The standard InChI is InChI=1S/C14H11Br2ClFN/c1-7-3-2-4-8(13(7)16)14(19)9-5-11(17)10(15)6-12(9)18/h2-6,14H,19H2,1H3. The second-order valence-electron chi connectivity index (χ2n) is 4.24. The van der Waals surface area contributed by atoms with Crippen LogP contribution in [0, 0.1) is 12.7 Å². The van der Waals surface area contributed by atoms with Crippen LogP contribution in [-0.4, -0.2) is 0 Å². The monoisotopic (exact) mass is 405 g/mol. The van der Waals surface area contributed by atoms with Gasteiger partial charge in [-0.1, -0.05) is 45.7 Å². The number of hydrogen-bond acceptors (Lipinski definition) is 1. The number of benzene rings is 2. The maximum absolute atomic E-state index is 14.0. The predicted octanol–water partition coefficient (Wildman–Crippen LogP) is 5.36. The highest BCUT2D eigenvalue weighted by Crippen LogP contribution is 2.33. The first-order chi connectivity index (χ1) is 8.91. The van der Waals surface area contributed by atoms with Gasteiger partial charge in [0.25, 0.3) is 0 Å². The van der Waals surface area contributed by atoms with E-state index in [-0.39, 0.29) is 5.82 Å². The second-order valence-corrected chi connectivity index (χ2v) is 6.30. The lowest BCUT2D eigenvalue weighted by Gasteiger charge is -2.17. The van der Waals surface area contributed by atoms with Gasteiger partial charge in [-0.25, -0.2) is 4.39 Å². The summed E-state index contributed by atoms with van der Waals surface area (Å²) in [6, 6.07) is 8.05. The summed E-state index contributed by atoms with van der Waals surface area (Å²) in [6.07, 6.45) is 0. The molecule has 0 aliphatic carbocycles. The Morgan fingerprint density at radius 1 is 1.21 bits per heavy atom. The van der Waals surface area contributed by atoms with Crippen LogP contribution in [0.5, 0.6) is 0 Å². The molecule has 2 N–H and O–H groups in total. The number of rotatable bonds is 2. The molecule has 2 aromatic carbocycles. The van der Waals surface area contributed by atoms with E-state index in [4.69, 9.17) is 17.3 Å². The molecule has 1 unspecified atom stereocenters. The van der Waals surface area contributed by atoms with E-state index in [1.807, 2.05) is 25.1 Å². The lowest BCUT2D eigenvalue weighted by atomic mass is 9.98. The lowest BCUT2D eigenvalue weighted by Crippen LogP contribution is -2.14. The Balaban J connectivity index is 2.53. The summed E-state index contributed by atoms with van der Waals surface area (Å²) in [5.74, 6) is -0.378. The van der Waals surface area contributed by atoms with Crippen LogP contribution in [0.2, 0.25) is 5.02 Å². The summed E-state index contributed by atoms with van der Waals surface area (Å²) in [7, 11) is 0. The van der Waals surface area contributed by atoms with Crippen LogP contribution in [-0.2, 0) is 0 Å². The third-order valence-corrected chi connectivity index (χ3v) is 5.21. The fourth-order valence-electron chi connectivity index (χ4n) is 1.85. The average molecular weight is 408 g/mol. The van der Waals surface area contributed by atoms with E-state index in [1.165, 1.54) is 6.07 Å². The van der Waals surface area contributed by atoms with Crippen molar-refractivity contribution in [2.24, 2.45) is 5.73 Å². The molecular weight excluding hydrogens is 396 g/mol. The van der Waals surface area contributed by atoms with Gasteiger partial charge in [0.05, 0.1) is 11.1 Å². The fourth-order valence-corrected chi connectivity index (χ4v) is 2.85. The molecule has 1 atom stereocenters. The second kappa shape index (κ2) is 5.92. The predicted molar refractivity (Wildman–Crippen MR) is 84.0 cm³/mol. The Morgan fingerprint density at radius 3 is 2.58 bits per heavy atom. The molecule has 0 bridgehead atoms. The highest BCUT2D eigenvalue weighted by molar-refractivity contribution is 9.10. The number of aryl methyl sites for hydroxylation is 1. The molecule has 0 amide bonds. The minimum Gasteiger partial charge on any atom is -0.320 e. The van der Waals surface area contributed by atoms with Crippen molar-refractivity contribution in [1.82, 2.24) is 0 Å². The zero-order chi connectivity index (χ0) is 14.2. The van der Waals surface area contributed by atoms with Gasteiger partial charge in [-0.05, 0) is 46.1 Å². The van der Waals surface area contributed by atoms with E-state index in [0.717, 1.165) is 15.6 Å². The van der Waals surface area contributed by atoms with Crippen LogP contribution < -0.4 is 5.73 Å². The largest absolute Gasteiger partial charge is 0.320 e. The van der Waals surface area contributed by atoms with Crippen molar-refractivity contribution in [2.45, 2.75) is 13.0 Å². The maximum Gasteiger partial charge on any atom is 0.129 e. The van der Waals surface area contributed by atoms with Gasteiger partial charge < -0.3 is 5.73 Å². The zero-order valence-corrected chi connectivity index (χ0v) is 14.0. The molecule has 0 aliphatic heterocycles. The molecule has 2 rings (SSSR count). The first kappa shape index (κ1) is 15.0. The van der Waals surface area contributed by atoms with Crippen LogP contribution in [0.15, 0.2) is 39.3 Å². The first-order valence-corrected chi connectivity index (χ1v) is 7.53. The van der Waals surface area contributed by atoms with Crippen molar-refractivity contribution in [1.29, 1.82) is 0 Å². The fraction of sp³-hybridized carbons (Fsp3) is 0.143. The molecular formula is C14H11Br2ClFN. The molecule has 0 spiro atoms. The molecule has 0 heterocycles. The van der Waals surface area contributed by atoms with E-state index in [2.05, 4.69) is 31.9 Å². The summed E-state index contributed by atoms with van der Waals surface area (Å²) >= 11 is 12.7. The van der Waals surface area contributed by atoms with Gasteiger partial charge in [0.1, 0.15) is 5.82 Å². The van der Waals surface area contributed by atoms with Gasteiger partial charge >= 0.3 is 0 Å². The van der Waals surface area contributed by atoms with Crippen molar-refractivity contribution in [2.75, 3.05) is 0 Å². The molecule has 100 valence electrons. The Bertz CT molecular complexity index is 631. The number of halogens is 4. The quantitative estimate of drug-likeness (QED) is 0.667. The minimum atomic E-state index is -0.570. The van der Waals surface area contributed by atoms with Crippen molar-refractivity contribution < 1.29 is 4.39 Å². The summed E-state index contributed by atoms with van der Waals surface area (Å²) in [4.78, 5) is 0. The topological polar surface area (TPSA) is 26.0 Å². The Hall–Kier alpha value is -0.420. The zero-order valence-electron chi connectivity index (χ0n) is 10.1. The van der Waals surface area contributed by atoms with Gasteiger partial charge in [-0.2, -0.15) is 0 Å². The van der Waals surface area contributed by atoms with Crippen LogP contribution >= 0.6 is 43.5 Å². The van der Waals surface area contributed by atoms with Crippen LogP contribution in [0.1, 0.15) is 22.7 Å². The highest BCUT2D eigenvalue weighted by Gasteiger charge is 2.18. The van der Waals surface area contributed by atoms with E-state index in [1.54, 1.807) is 6.07 Å². The normalized spacial score (nSPS) is 12.5. The van der Waals surface area contributed by atoms with Crippen molar-refractivity contribution in [3.63, 3.8) is 0 Å². The SMILES string of the molecule is Cc1cccc(C(N)c2cc(Cl)c(Br)cc2F)c1Br. The van der Waals surface area contributed by atoms with Gasteiger partial charge in [0, 0.05) is 14.5 Å². The molecule has 0 fully saturated rings. The maximum atomic E-state index is 14.0. The van der Waals surface area contributed by atoms with Crippen molar-refractivity contribution in [3.05, 3.63) is 66.8 Å². The molecule has 19 heavy (non-hydrogen) atoms. The molecule has 1 nitrogen and oxygen atoms in total. The Kier molecular flexibility index (Phi) is 4.66. The molecule has 2 aromatic rings. The van der Waals surface area contributed by atoms with E-state index in [9.17, 15) is 4.39 Å². The van der Waals surface area contributed by atoms with E-state index in [0.29, 0.717) is 15.1 Å². The molecule has 0 saturated carbocycles. The summed E-state index contributed by atoms with van der Waals surface area (Å²) in [5.41, 5.74) is 8.42. The summed E-state index contributed by atoms with van der Waals surface area (Å²) in [5, 5.41) is 0.440. The van der Waals surface area contributed by atoms with Crippen LogP contribution in [0.3, 0.4) is 0 Å². The van der Waals surface area contributed by atoms with Gasteiger partial charge in [0.15, 0.2) is 0 Å². The number of hydrogen-bond donors (Lipinski definition) is 1. The number of nitrogens with two attached hydrogens (primary N) is 1. The summed E-state index contributed by atoms with van der Waals surface area (Å²) in [6.45, 7) is 1.96. The molecule has 0 radical (unpaired) electrons. The Labute approximate surface area is 133 Å².